The van der Waals surface area contributed by atoms with Crippen LogP contribution in [0.2, 0.25) is 0 Å². The molecule has 0 heterocycles. The smallest absolute Gasteiger partial charge is 0.319 e. The van der Waals surface area contributed by atoms with Gasteiger partial charge in [-0.05, 0) is 33.1 Å². The molecule has 1 aliphatic carbocycles. The van der Waals surface area contributed by atoms with Gasteiger partial charge in [0.05, 0.1) is 6.10 Å². The Balaban J connectivity index is 2.14. The Hall–Kier alpha value is -1.10. The molecule has 1 aliphatic rings. The van der Waals surface area contributed by atoms with Gasteiger partial charge in [-0.15, -0.1) is 0 Å². The number of hydrogen-bond donors (Lipinski definition) is 2. The summed E-state index contributed by atoms with van der Waals surface area (Å²) in [5.74, 6) is -1.37. The third-order valence-electron chi connectivity index (χ3n) is 2.65. The molecule has 0 atom stereocenters. The summed E-state index contributed by atoms with van der Waals surface area (Å²) in [4.78, 5) is 22.4. The van der Waals surface area contributed by atoms with Crippen LogP contribution >= 0.6 is 0 Å². The van der Waals surface area contributed by atoms with Crippen LogP contribution in [0.25, 0.3) is 0 Å². The number of carboxylic acids is 1. The van der Waals surface area contributed by atoms with E-state index in [1.54, 1.807) is 0 Å². The Labute approximate surface area is 95.2 Å². The van der Waals surface area contributed by atoms with Gasteiger partial charge < -0.3 is 15.2 Å². The number of amides is 1. The summed E-state index contributed by atoms with van der Waals surface area (Å²) < 4.78 is 5.30. The largest absolute Gasteiger partial charge is 0.480 e. The molecule has 1 rings (SSSR count). The first-order chi connectivity index (χ1) is 7.49. The van der Waals surface area contributed by atoms with E-state index in [0.29, 0.717) is 32.4 Å². The van der Waals surface area contributed by atoms with E-state index in [-0.39, 0.29) is 12.0 Å². The minimum absolute atomic E-state index is 0.185. The first-order valence-corrected chi connectivity index (χ1v) is 5.62. The van der Waals surface area contributed by atoms with Crippen LogP contribution in [0.5, 0.6) is 0 Å². The van der Waals surface area contributed by atoms with Crippen molar-refractivity contribution in [1.82, 2.24) is 5.32 Å². The lowest BCUT2D eigenvalue weighted by atomic mass is 10.1. The zero-order chi connectivity index (χ0) is 12.2. The molecule has 0 bridgehead atoms. The number of carboxylic acid groups (broad SMARTS) is 1. The Morgan fingerprint density at radius 1 is 1.44 bits per heavy atom. The van der Waals surface area contributed by atoms with Crippen LogP contribution in [-0.2, 0) is 14.3 Å². The van der Waals surface area contributed by atoms with Gasteiger partial charge >= 0.3 is 5.97 Å². The van der Waals surface area contributed by atoms with Crippen LogP contribution in [0.3, 0.4) is 0 Å². The highest BCUT2D eigenvalue weighted by Crippen LogP contribution is 2.45. The molecule has 2 N–H and O–H groups in total. The number of rotatable bonds is 7. The highest BCUT2D eigenvalue weighted by molar-refractivity contribution is 6.04. The molecule has 0 spiro atoms. The zero-order valence-electron chi connectivity index (χ0n) is 9.78. The highest BCUT2D eigenvalue weighted by atomic mass is 16.5. The number of carbonyl (C=O) groups excluding carboxylic acids is 1. The van der Waals surface area contributed by atoms with E-state index >= 15 is 0 Å². The molecule has 16 heavy (non-hydrogen) atoms. The third-order valence-corrected chi connectivity index (χ3v) is 2.65. The second-order valence-corrected chi connectivity index (χ2v) is 4.42. The quantitative estimate of drug-likeness (QED) is 0.499. The number of hydrogen-bond acceptors (Lipinski definition) is 3. The third kappa shape index (κ3) is 3.20. The summed E-state index contributed by atoms with van der Waals surface area (Å²) in [5, 5.41) is 11.5. The fourth-order valence-corrected chi connectivity index (χ4v) is 1.43. The molecular formula is C11H19NO4. The maximum absolute atomic E-state index is 11.5. The van der Waals surface area contributed by atoms with Crippen LogP contribution in [0.4, 0.5) is 0 Å². The summed E-state index contributed by atoms with van der Waals surface area (Å²) in [6, 6.07) is 0. The number of nitrogens with one attached hydrogen (secondary N) is 1. The maximum atomic E-state index is 11.5. The van der Waals surface area contributed by atoms with Gasteiger partial charge in [0.15, 0.2) is 0 Å². The molecule has 0 aromatic heterocycles. The predicted molar refractivity (Wildman–Crippen MR) is 58.0 cm³/mol. The van der Waals surface area contributed by atoms with E-state index in [1.807, 2.05) is 13.8 Å². The van der Waals surface area contributed by atoms with Crippen LogP contribution in [-0.4, -0.2) is 36.2 Å². The van der Waals surface area contributed by atoms with E-state index in [1.165, 1.54) is 0 Å². The normalized spacial score (nSPS) is 17.2. The summed E-state index contributed by atoms with van der Waals surface area (Å²) in [5.41, 5.74) is -1.13. The molecule has 5 heteroatoms. The molecule has 0 saturated heterocycles. The summed E-state index contributed by atoms with van der Waals surface area (Å²) >= 11 is 0. The standard InChI is InChI=1S/C11H19NO4/c1-8(2)16-7-3-6-12-9(13)11(4-5-11)10(14)15/h8H,3-7H2,1-2H3,(H,12,13)(H,14,15). The van der Waals surface area contributed by atoms with Gasteiger partial charge in [0.2, 0.25) is 5.91 Å². The molecule has 0 radical (unpaired) electrons. The fraction of sp³-hybridized carbons (Fsp3) is 0.818. The predicted octanol–water partition coefficient (Wildman–Crippen LogP) is 0.782. The van der Waals surface area contributed by atoms with E-state index in [2.05, 4.69) is 5.32 Å². The van der Waals surface area contributed by atoms with Gasteiger partial charge in [-0.2, -0.15) is 0 Å². The van der Waals surface area contributed by atoms with Crippen molar-refractivity contribution in [2.24, 2.45) is 5.41 Å². The van der Waals surface area contributed by atoms with Gasteiger partial charge in [-0.25, -0.2) is 0 Å². The van der Waals surface area contributed by atoms with E-state index in [4.69, 9.17) is 9.84 Å². The monoisotopic (exact) mass is 229 g/mol. The molecule has 1 saturated carbocycles. The minimum atomic E-state index is -1.13. The molecule has 0 aliphatic heterocycles. The Morgan fingerprint density at radius 3 is 2.50 bits per heavy atom. The second-order valence-electron chi connectivity index (χ2n) is 4.42. The van der Waals surface area contributed by atoms with Crippen LogP contribution in [0.1, 0.15) is 33.1 Å². The van der Waals surface area contributed by atoms with Crippen LogP contribution < -0.4 is 5.32 Å². The minimum Gasteiger partial charge on any atom is -0.480 e. The van der Waals surface area contributed by atoms with Gasteiger partial charge in [-0.3, -0.25) is 9.59 Å². The van der Waals surface area contributed by atoms with Crippen molar-refractivity contribution < 1.29 is 19.4 Å². The lowest BCUT2D eigenvalue weighted by Crippen LogP contribution is -2.37. The van der Waals surface area contributed by atoms with Crippen molar-refractivity contribution in [2.75, 3.05) is 13.2 Å². The maximum Gasteiger partial charge on any atom is 0.319 e. The summed E-state index contributed by atoms with van der Waals surface area (Å²) in [6.45, 7) is 4.95. The van der Waals surface area contributed by atoms with Gasteiger partial charge in [0.1, 0.15) is 5.41 Å². The van der Waals surface area contributed by atoms with Gasteiger partial charge in [0, 0.05) is 13.2 Å². The number of ether oxygens (including phenoxy) is 1. The van der Waals surface area contributed by atoms with Crippen LogP contribution in [0.15, 0.2) is 0 Å². The zero-order valence-corrected chi connectivity index (χ0v) is 9.78. The molecule has 0 unspecified atom stereocenters. The first kappa shape index (κ1) is 13.0. The number of aliphatic carboxylic acids is 1. The lowest BCUT2D eigenvalue weighted by molar-refractivity contribution is -0.149. The van der Waals surface area contributed by atoms with Gasteiger partial charge in [0.25, 0.3) is 0 Å². The summed E-state index contributed by atoms with van der Waals surface area (Å²) in [7, 11) is 0. The first-order valence-electron chi connectivity index (χ1n) is 5.62. The summed E-state index contributed by atoms with van der Waals surface area (Å²) in [6.07, 6.45) is 1.80. The number of carbonyl (C=O) groups is 2. The molecule has 5 nitrogen and oxygen atoms in total. The topological polar surface area (TPSA) is 75.6 Å². The Kier molecular flexibility index (Phi) is 4.29. The molecule has 1 fully saturated rings. The molecular weight excluding hydrogens is 210 g/mol. The van der Waals surface area contributed by atoms with Crippen LogP contribution in [0, 0.1) is 5.41 Å². The lowest BCUT2D eigenvalue weighted by Gasteiger charge is -2.11. The van der Waals surface area contributed by atoms with E-state index in [0.717, 1.165) is 0 Å². The molecule has 0 aromatic carbocycles. The van der Waals surface area contributed by atoms with Crippen molar-refractivity contribution in [1.29, 1.82) is 0 Å². The van der Waals surface area contributed by atoms with E-state index < -0.39 is 11.4 Å². The molecule has 92 valence electrons. The van der Waals surface area contributed by atoms with Crippen molar-refractivity contribution in [3.63, 3.8) is 0 Å². The average Bonchev–Trinajstić information content (AvgIpc) is 2.96. The van der Waals surface area contributed by atoms with Crippen molar-refractivity contribution >= 4 is 11.9 Å². The SMILES string of the molecule is CC(C)OCCCNC(=O)C1(C(=O)O)CC1. The second kappa shape index (κ2) is 5.30. The van der Waals surface area contributed by atoms with Crippen molar-refractivity contribution in [3.8, 4) is 0 Å². The van der Waals surface area contributed by atoms with Crippen molar-refractivity contribution in [2.45, 2.75) is 39.2 Å². The fourth-order valence-electron chi connectivity index (χ4n) is 1.43. The Morgan fingerprint density at radius 2 is 2.06 bits per heavy atom. The highest BCUT2D eigenvalue weighted by Gasteiger charge is 2.56. The molecule has 1 amide bonds. The Bertz CT molecular complexity index is 271. The van der Waals surface area contributed by atoms with Crippen molar-refractivity contribution in [3.05, 3.63) is 0 Å². The molecule has 0 aromatic rings. The average molecular weight is 229 g/mol. The van der Waals surface area contributed by atoms with Gasteiger partial charge in [-0.1, -0.05) is 0 Å². The van der Waals surface area contributed by atoms with E-state index in [9.17, 15) is 9.59 Å².